The standard InChI is InChI=1S/C26H22ClN3O3S2/c1-32-24-13-18(11-12-23(24)33-15-20-9-5-6-10-21(20)27)14-28-30-25(31)17-35-26-29-22(16-34-26)19-7-3-2-4-8-19/h2-14,16H,15,17H2,1H3,(H,30,31)/b28-14+. The molecule has 0 aliphatic rings. The second-order valence-electron chi connectivity index (χ2n) is 7.24. The highest BCUT2D eigenvalue weighted by atomic mass is 35.5. The number of amides is 1. The molecule has 0 spiro atoms. The lowest BCUT2D eigenvalue weighted by molar-refractivity contribution is -0.118. The summed E-state index contributed by atoms with van der Waals surface area (Å²) in [6.07, 6.45) is 1.56. The SMILES string of the molecule is COc1cc(/C=N/NC(=O)CSc2nc(-c3ccccc3)cs2)ccc1OCc1ccccc1Cl. The van der Waals surface area contributed by atoms with E-state index in [1.165, 1.54) is 23.1 Å². The molecular formula is C26H22ClN3O3S2. The Morgan fingerprint density at radius 3 is 2.71 bits per heavy atom. The molecule has 178 valence electrons. The molecule has 0 saturated carbocycles. The Balaban J connectivity index is 1.27. The molecule has 0 radical (unpaired) electrons. The third-order valence-electron chi connectivity index (χ3n) is 4.81. The number of carbonyl (C=O) groups excluding carboxylic acids is 1. The highest BCUT2D eigenvalue weighted by Crippen LogP contribution is 2.30. The van der Waals surface area contributed by atoms with E-state index in [0.29, 0.717) is 23.1 Å². The number of thiazole rings is 1. The lowest BCUT2D eigenvalue weighted by Gasteiger charge is -2.12. The smallest absolute Gasteiger partial charge is 0.250 e. The van der Waals surface area contributed by atoms with E-state index >= 15 is 0 Å². The van der Waals surface area contributed by atoms with Gasteiger partial charge in [0.2, 0.25) is 0 Å². The second-order valence-corrected chi connectivity index (χ2v) is 9.72. The molecule has 0 fully saturated rings. The summed E-state index contributed by atoms with van der Waals surface area (Å²) in [5, 5.41) is 6.69. The third-order valence-corrected chi connectivity index (χ3v) is 7.20. The summed E-state index contributed by atoms with van der Waals surface area (Å²) in [4.78, 5) is 16.8. The van der Waals surface area contributed by atoms with Crippen LogP contribution in [-0.4, -0.2) is 30.0 Å². The van der Waals surface area contributed by atoms with Gasteiger partial charge >= 0.3 is 0 Å². The van der Waals surface area contributed by atoms with Crippen LogP contribution in [0.5, 0.6) is 11.5 Å². The summed E-state index contributed by atoms with van der Waals surface area (Å²) in [5.41, 5.74) is 6.15. The van der Waals surface area contributed by atoms with Gasteiger partial charge in [0.1, 0.15) is 6.61 Å². The van der Waals surface area contributed by atoms with Crippen LogP contribution in [0.4, 0.5) is 0 Å². The summed E-state index contributed by atoms with van der Waals surface area (Å²) < 4.78 is 12.1. The Bertz CT molecular complexity index is 1310. The molecule has 0 atom stereocenters. The lowest BCUT2D eigenvalue weighted by atomic mass is 10.2. The van der Waals surface area contributed by atoms with Crippen molar-refractivity contribution in [2.75, 3.05) is 12.9 Å². The van der Waals surface area contributed by atoms with Gasteiger partial charge in [0.25, 0.3) is 5.91 Å². The molecule has 0 saturated heterocycles. The molecule has 0 aliphatic heterocycles. The minimum absolute atomic E-state index is 0.214. The first-order valence-electron chi connectivity index (χ1n) is 10.6. The number of hydrogen-bond donors (Lipinski definition) is 1. The third kappa shape index (κ3) is 7.08. The lowest BCUT2D eigenvalue weighted by Crippen LogP contribution is -2.19. The Morgan fingerprint density at radius 2 is 1.91 bits per heavy atom. The van der Waals surface area contributed by atoms with Gasteiger partial charge < -0.3 is 9.47 Å². The second kappa shape index (κ2) is 12.4. The van der Waals surface area contributed by atoms with Crippen molar-refractivity contribution in [3.63, 3.8) is 0 Å². The van der Waals surface area contributed by atoms with Crippen LogP contribution in [-0.2, 0) is 11.4 Å². The molecule has 1 heterocycles. The molecule has 0 aliphatic carbocycles. The van der Waals surface area contributed by atoms with Gasteiger partial charge in [-0.3, -0.25) is 4.79 Å². The fourth-order valence-corrected chi connectivity index (χ4v) is 4.88. The molecule has 3 aromatic carbocycles. The van der Waals surface area contributed by atoms with Gasteiger partial charge in [0.05, 0.1) is 24.8 Å². The largest absolute Gasteiger partial charge is 0.493 e. The molecule has 9 heteroatoms. The van der Waals surface area contributed by atoms with Gasteiger partial charge in [-0.2, -0.15) is 5.10 Å². The molecule has 0 unspecified atom stereocenters. The van der Waals surface area contributed by atoms with Crippen LogP contribution in [0, 0.1) is 0 Å². The van der Waals surface area contributed by atoms with E-state index in [4.69, 9.17) is 21.1 Å². The van der Waals surface area contributed by atoms with Crippen molar-refractivity contribution in [2.24, 2.45) is 5.10 Å². The Hall–Kier alpha value is -3.33. The highest BCUT2D eigenvalue weighted by Gasteiger charge is 2.09. The molecule has 1 aromatic heterocycles. The molecule has 1 amide bonds. The molecule has 1 N–H and O–H groups in total. The van der Waals surface area contributed by atoms with Gasteiger partial charge in [-0.25, -0.2) is 10.4 Å². The Labute approximate surface area is 217 Å². The first-order chi connectivity index (χ1) is 17.1. The minimum Gasteiger partial charge on any atom is -0.493 e. The summed E-state index contributed by atoms with van der Waals surface area (Å²) in [6, 6.07) is 22.9. The van der Waals surface area contributed by atoms with E-state index in [1.807, 2.05) is 66.0 Å². The number of thioether (sulfide) groups is 1. The number of hydrazone groups is 1. The van der Waals surface area contributed by atoms with Gasteiger partial charge in [-0.15, -0.1) is 11.3 Å². The normalized spacial score (nSPS) is 10.9. The fourth-order valence-electron chi connectivity index (χ4n) is 3.06. The van der Waals surface area contributed by atoms with Crippen molar-refractivity contribution in [2.45, 2.75) is 10.9 Å². The number of ether oxygens (including phenoxy) is 2. The number of hydrogen-bond acceptors (Lipinski definition) is 7. The molecule has 4 rings (SSSR count). The van der Waals surface area contributed by atoms with E-state index in [-0.39, 0.29) is 11.7 Å². The van der Waals surface area contributed by atoms with Crippen molar-refractivity contribution in [1.82, 2.24) is 10.4 Å². The highest BCUT2D eigenvalue weighted by molar-refractivity contribution is 8.01. The number of nitrogens with zero attached hydrogens (tertiary/aromatic N) is 2. The van der Waals surface area contributed by atoms with E-state index in [2.05, 4.69) is 15.5 Å². The molecule has 4 aromatic rings. The van der Waals surface area contributed by atoms with E-state index < -0.39 is 0 Å². The maximum absolute atomic E-state index is 12.2. The zero-order chi connectivity index (χ0) is 24.5. The predicted molar refractivity (Wildman–Crippen MR) is 143 cm³/mol. The molecule has 0 bridgehead atoms. The average Bonchev–Trinajstić information content (AvgIpc) is 3.37. The first-order valence-corrected chi connectivity index (χ1v) is 12.9. The van der Waals surface area contributed by atoms with Crippen molar-refractivity contribution in [3.8, 4) is 22.8 Å². The van der Waals surface area contributed by atoms with Crippen molar-refractivity contribution >= 4 is 46.8 Å². The number of rotatable bonds is 10. The van der Waals surface area contributed by atoms with Crippen LogP contribution in [0.15, 0.2) is 87.6 Å². The van der Waals surface area contributed by atoms with Crippen molar-refractivity contribution in [3.05, 3.63) is 94.3 Å². The van der Waals surface area contributed by atoms with Crippen LogP contribution in [0.1, 0.15) is 11.1 Å². The maximum atomic E-state index is 12.2. The number of benzene rings is 3. The monoisotopic (exact) mass is 523 g/mol. The van der Waals surface area contributed by atoms with E-state index in [9.17, 15) is 4.79 Å². The molecule has 6 nitrogen and oxygen atoms in total. The Morgan fingerprint density at radius 1 is 1.11 bits per heavy atom. The molecular weight excluding hydrogens is 502 g/mol. The summed E-state index contributed by atoms with van der Waals surface area (Å²) in [5.74, 6) is 1.15. The quantitative estimate of drug-likeness (QED) is 0.150. The van der Waals surface area contributed by atoms with E-state index in [1.54, 1.807) is 25.5 Å². The number of aromatic nitrogens is 1. The minimum atomic E-state index is -0.214. The predicted octanol–water partition coefficient (Wildman–Crippen LogP) is 6.29. The number of nitrogens with one attached hydrogen (secondary N) is 1. The fraction of sp³-hybridized carbons (Fsp3) is 0.115. The summed E-state index contributed by atoms with van der Waals surface area (Å²) in [6.45, 7) is 0.323. The van der Waals surface area contributed by atoms with Crippen LogP contribution < -0.4 is 14.9 Å². The topological polar surface area (TPSA) is 72.8 Å². The number of halogens is 1. The van der Waals surface area contributed by atoms with Crippen LogP contribution in [0.25, 0.3) is 11.3 Å². The van der Waals surface area contributed by atoms with Gasteiger partial charge in [0, 0.05) is 21.5 Å². The summed E-state index contributed by atoms with van der Waals surface area (Å²) in [7, 11) is 1.57. The molecule has 35 heavy (non-hydrogen) atoms. The van der Waals surface area contributed by atoms with Crippen molar-refractivity contribution < 1.29 is 14.3 Å². The Kier molecular flexibility index (Phi) is 8.78. The van der Waals surface area contributed by atoms with Crippen LogP contribution >= 0.6 is 34.7 Å². The van der Waals surface area contributed by atoms with Gasteiger partial charge in [0.15, 0.2) is 15.8 Å². The number of methoxy groups -OCH3 is 1. The van der Waals surface area contributed by atoms with E-state index in [0.717, 1.165) is 26.7 Å². The maximum Gasteiger partial charge on any atom is 0.250 e. The van der Waals surface area contributed by atoms with Crippen molar-refractivity contribution in [1.29, 1.82) is 0 Å². The zero-order valence-corrected chi connectivity index (χ0v) is 21.2. The van der Waals surface area contributed by atoms with Gasteiger partial charge in [-0.05, 0) is 29.8 Å². The average molecular weight is 524 g/mol. The van der Waals surface area contributed by atoms with Gasteiger partial charge in [-0.1, -0.05) is 71.9 Å². The summed E-state index contributed by atoms with van der Waals surface area (Å²) >= 11 is 9.08. The zero-order valence-electron chi connectivity index (χ0n) is 18.8. The van der Waals surface area contributed by atoms with Crippen LogP contribution in [0.3, 0.4) is 0 Å². The van der Waals surface area contributed by atoms with Crippen LogP contribution in [0.2, 0.25) is 5.02 Å². The number of carbonyl (C=O) groups is 1. The first kappa shape index (κ1) is 24.8.